The van der Waals surface area contributed by atoms with Crippen molar-refractivity contribution in [3.05, 3.63) is 23.4 Å². The van der Waals surface area contributed by atoms with Gasteiger partial charge in [-0.15, -0.1) is 11.8 Å². The van der Waals surface area contributed by atoms with Gasteiger partial charge in [0.1, 0.15) is 17.7 Å². The maximum Gasteiger partial charge on any atom is 0.410 e. The third-order valence-electron chi connectivity index (χ3n) is 5.81. The van der Waals surface area contributed by atoms with Gasteiger partial charge in [-0.1, -0.05) is 20.3 Å². The quantitative estimate of drug-likeness (QED) is 0.695. The summed E-state index contributed by atoms with van der Waals surface area (Å²) in [6.45, 7) is 7.57. The van der Waals surface area contributed by atoms with Crippen LogP contribution in [-0.2, 0) is 11.3 Å². The molecule has 2 atom stereocenters. The second-order valence-electron chi connectivity index (χ2n) is 7.42. The molecule has 2 unspecified atom stereocenters. The van der Waals surface area contributed by atoms with Crippen LogP contribution in [0.1, 0.15) is 44.4 Å². The highest BCUT2D eigenvalue weighted by molar-refractivity contribution is 7.98. The summed E-state index contributed by atoms with van der Waals surface area (Å²) in [5, 5.41) is 9.93. The van der Waals surface area contributed by atoms with Crippen molar-refractivity contribution in [3.8, 4) is 6.07 Å². The maximum absolute atomic E-state index is 12.3. The average molecular weight is 389 g/mol. The molecule has 1 aromatic rings. The average Bonchev–Trinajstić information content (AvgIpc) is 3.09. The van der Waals surface area contributed by atoms with E-state index in [-0.39, 0.29) is 18.2 Å². The number of nitriles is 1. The molecule has 3 rings (SSSR count). The normalized spacial score (nSPS) is 22.5. The first kappa shape index (κ1) is 20.0. The summed E-state index contributed by atoms with van der Waals surface area (Å²) < 4.78 is 5.36. The molecule has 2 saturated heterocycles. The first-order valence-electron chi connectivity index (χ1n) is 9.68. The Kier molecular flexibility index (Phi) is 6.61. The number of aromatic nitrogens is 1. The lowest BCUT2D eigenvalue weighted by atomic mass is 9.95. The molecule has 1 amide bonds. The number of hydrogen-bond acceptors (Lipinski definition) is 6. The zero-order valence-corrected chi connectivity index (χ0v) is 17.2. The second kappa shape index (κ2) is 8.94. The largest absolute Gasteiger partial charge is 0.447 e. The van der Waals surface area contributed by atoms with E-state index in [1.807, 2.05) is 23.3 Å². The number of thioether (sulfide) groups is 1. The van der Waals surface area contributed by atoms with Crippen molar-refractivity contribution in [2.45, 2.75) is 56.8 Å². The van der Waals surface area contributed by atoms with Crippen LogP contribution in [0.25, 0.3) is 0 Å². The fourth-order valence-electron chi connectivity index (χ4n) is 3.97. The maximum atomic E-state index is 12.3. The number of amides is 1. The smallest absolute Gasteiger partial charge is 0.410 e. The first-order valence-corrected chi connectivity index (χ1v) is 10.9. The molecular formula is C20H28N4O2S. The number of ether oxygens (including phenoxy) is 1. The van der Waals surface area contributed by atoms with Crippen molar-refractivity contribution >= 4 is 17.9 Å². The van der Waals surface area contributed by atoms with Gasteiger partial charge in [0.05, 0.1) is 17.3 Å². The summed E-state index contributed by atoms with van der Waals surface area (Å²) in [5.74, 6) is 0.460. The molecule has 2 aliphatic heterocycles. The van der Waals surface area contributed by atoms with Crippen molar-refractivity contribution in [1.29, 1.82) is 5.26 Å². The Hall–Kier alpha value is -1.78. The predicted molar refractivity (Wildman–Crippen MR) is 105 cm³/mol. The van der Waals surface area contributed by atoms with Gasteiger partial charge in [-0.05, 0) is 37.1 Å². The number of hydrogen-bond donors (Lipinski definition) is 0. The fourth-order valence-corrected chi connectivity index (χ4v) is 4.51. The summed E-state index contributed by atoms with van der Waals surface area (Å²) >= 11 is 1.51. The van der Waals surface area contributed by atoms with Gasteiger partial charge in [0.15, 0.2) is 0 Å². The van der Waals surface area contributed by atoms with Crippen molar-refractivity contribution in [1.82, 2.24) is 14.8 Å². The molecule has 0 bridgehead atoms. The summed E-state index contributed by atoms with van der Waals surface area (Å²) in [6.07, 6.45) is 4.79. The number of carbonyl (C=O) groups excluding carboxylic acids is 1. The van der Waals surface area contributed by atoms with E-state index in [4.69, 9.17) is 10.00 Å². The van der Waals surface area contributed by atoms with E-state index in [2.05, 4.69) is 29.8 Å². The van der Waals surface area contributed by atoms with Crippen LogP contribution >= 0.6 is 11.8 Å². The minimum atomic E-state index is -0.142. The Morgan fingerprint density at radius 3 is 2.78 bits per heavy atom. The highest BCUT2D eigenvalue weighted by Gasteiger charge is 2.41. The minimum absolute atomic E-state index is 0.142. The molecule has 0 radical (unpaired) electrons. The van der Waals surface area contributed by atoms with Crippen LogP contribution in [-0.4, -0.2) is 58.9 Å². The Bertz CT molecular complexity index is 712. The van der Waals surface area contributed by atoms with Gasteiger partial charge in [0.2, 0.25) is 0 Å². The Morgan fingerprint density at radius 2 is 2.15 bits per heavy atom. The molecule has 1 aromatic heterocycles. The number of cyclic esters (lactones) is 1. The molecule has 0 spiro atoms. The highest BCUT2D eigenvalue weighted by atomic mass is 32.2. The number of carbonyl (C=O) groups is 1. The molecule has 2 aliphatic rings. The van der Waals surface area contributed by atoms with E-state index in [0.29, 0.717) is 18.1 Å². The van der Waals surface area contributed by atoms with Crippen LogP contribution in [0.15, 0.2) is 17.2 Å². The van der Waals surface area contributed by atoms with Gasteiger partial charge in [-0.2, -0.15) is 5.26 Å². The monoisotopic (exact) mass is 388 g/mol. The standard InChI is InChI=1S/C20H28N4O2S/c1-4-14(2)18-13-26-20(25)24(18)17-7-9-23(10-8-17)12-16-6-5-15(11-21)19(22-16)27-3/h5-6,14,17-18H,4,7-10,12-13H2,1-3H3. The van der Waals surface area contributed by atoms with Crippen molar-refractivity contribution < 1.29 is 9.53 Å². The van der Waals surface area contributed by atoms with Crippen molar-refractivity contribution in [2.24, 2.45) is 5.92 Å². The van der Waals surface area contributed by atoms with Crippen LogP contribution in [0.2, 0.25) is 0 Å². The predicted octanol–water partition coefficient (Wildman–Crippen LogP) is 3.51. The number of rotatable bonds is 6. The Labute approximate surface area is 165 Å². The second-order valence-corrected chi connectivity index (χ2v) is 8.21. The lowest BCUT2D eigenvalue weighted by molar-refractivity contribution is 0.0927. The third-order valence-corrected chi connectivity index (χ3v) is 6.51. The van der Waals surface area contributed by atoms with Gasteiger partial charge in [-0.25, -0.2) is 9.78 Å². The summed E-state index contributed by atoms with van der Waals surface area (Å²) in [4.78, 5) is 21.3. The molecule has 0 N–H and O–H groups in total. The van der Waals surface area contributed by atoms with E-state index >= 15 is 0 Å². The lowest BCUT2D eigenvalue weighted by Crippen LogP contribution is -2.50. The third kappa shape index (κ3) is 4.39. The molecule has 27 heavy (non-hydrogen) atoms. The minimum Gasteiger partial charge on any atom is -0.447 e. The molecular weight excluding hydrogens is 360 g/mol. The van der Waals surface area contributed by atoms with Crippen molar-refractivity contribution in [2.75, 3.05) is 26.0 Å². The summed E-state index contributed by atoms with van der Waals surface area (Å²) in [6, 6.07) is 6.48. The molecule has 146 valence electrons. The molecule has 0 saturated carbocycles. The zero-order valence-electron chi connectivity index (χ0n) is 16.4. The van der Waals surface area contributed by atoms with E-state index in [1.54, 1.807) is 0 Å². The molecule has 3 heterocycles. The van der Waals surface area contributed by atoms with Crippen LogP contribution in [0, 0.1) is 17.2 Å². The number of nitrogens with zero attached hydrogens (tertiary/aromatic N) is 4. The lowest BCUT2D eigenvalue weighted by Gasteiger charge is -2.39. The van der Waals surface area contributed by atoms with Gasteiger partial charge < -0.3 is 4.74 Å². The van der Waals surface area contributed by atoms with Crippen LogP contribution in [0.3, 0.4) is 0 Å². The molecule has 0 aromatic carbocycles. The first-order chi connectivity index (χ1) is 13.1. The fraction of sp³-hybridized carbons (Fsp3) is 0.650. The van der Waals surface area contributed by atoms with Crippen LogP contribution in [0.4, 0.5) is 4.79 Å². The SMILES string of the molecule is CCC(C)C1COC(=O)N1C1CCN(Cc2ccc(C#N)c(SC)n2)CC1. The van der Waals surface area contributed by atoms with E-state index in [1.165, 1.54) is 11.8 Å². The van der Waals surface area contributed by atoms with E-state index in [9.17, 15) is 4.79 Å². The molecule has 0 aliphatic carbocycles. The van der Waals surface area contributed by atoms with E-state index < -0.39 is 0 Å². The van der Waals surface area contributed by atoms with Crippen molar-refractivity contribution in [3.63, 3.8) is 0 Å². The van der Waals surface area contributed by atoms with E-state index in [0.717, 1.165) is 49.6 Å². The van der Waals surface area contributed by atoms with Gasteiger partial charge >= 0.3 is 6.09 Å². The topological polar surface area (TPSA) is 69.5 Å². The van der Waals surface area contributed by atoms with Gasteiger partial charge in [0.25, 0.3) is 0 Å². The van der Waals surface area contributed by atoms with Crippen LogP contribution in [0.5, 0.6) is 0 Å². The van der Waals surface area contributed by atoms with Crippen LogP contribution < -0.4 is 0 Å². The zero-order chi connectivity index (χ0) is 19.4. The molecule has 2 fully saturated rings. The number of pyridine rings is 1. The Morgan fingerprint density at radius 1 is 1.41 bits per heavy atom. The number of likely N-dealkylation sites (tertiary alicyclic amines) is 1. The van der Waals surface area contributed by atoms with Gasteiger partial charge in [0, 0.05) is 25.7 Å². The summed E-state index contributed by atoms with van der Waals surface area (Å²) in [5.41, 5.74) is 1.63. The highest BCUT2D eigenvalue weighted by Crippen LogP contribution is 2.29. The summed E-state index contributed by atoms with van der Waals surface area (Å²) in [7, 11) is 0. The Balaban J connectivity index is 1.59. The number of piperidine rings is 1. The molecule has 6 nitrogen and oxygen atoms in total. The molecule has 7 heteroatoms. The van der Waals surface area contributed by atoms with Gasteiger partial charge in [-0.3, -0.25) is 9.80 Å².